The van der Waals surface area contributed by atoms with E-state index in [1.807, 2.05) is 66.7 Å². The fourth-order valence-electron chi connectivity index (χ4n) is 3.97. The molecule has 0 saturated carbocycles. The topological polar surface area (TPSA) is 51.2 Å². The third-order valence-electron chi connectivity index (χ3n) is 6.55. The Hall–Kier alpha value is -2.90. The first-order valence-corrected chi connectivity index (χ1v) is 11.1. The summed E-state index contributed by atoms with van der Waals surface area (Å²) in [5.74, 6) is -0.485. The molecule has 3 aromatic rings. The molecule has 158 valence electrons. The van der Waals surface area contributed by atoms with E-state index in [0.29, 0.717) is 27.6 Å². The van der Waals surface area contributed by atoms with E-state index in [0.717, 1.165) is 33.4 Å². The first kappa shape index (κ1) is 22.8. The van der Waals surface area contributed by atoms with Crippen molar-refractivity contribution in [3.8, 4) is 0 Å². The number of hydrogen-bond acceptors (Lipinski definition) is 3. The molecule has 0 aromatic heterocycles. The second-order valence-corrected chi connectivity index (χ2v) is 8.93. The van der Waals surface area contributed by atoms with E-state index >= 15 is 0 Å². The molecule has 0 bridgehead atoms. The molecule has 0 unspecified atom stereocenters. The van der Waals surface area contributed by atoms with Crippen molar-refractivity contribution in [1.82, 2.24) is 0 Å². The summed E-state index contributed by atoms with van der Waals surface area (Å²) >= 11 is 0. The molecule has 0 heterocycles. The zero-order valence-electron chi connectivity index (χ0n) is 19.1. The standard InChI is InChI=1S/C27H27O3P/c1-14-8-11-21(19(6)17(14)4)26(28)24-16(3)10-13-23(31-30)25(24)27(29)22-12-9-15(2)18(5)20(22)7/h8-13H,1-7H3. The highest BCUT2D eigenvalue weighted by molar-refractivity contribution is 7.34. The van der Waals surface area contributed by atoms with Crippen LogP contribution in [0.3, 0.4) is 0 Å². The number of carbonyl (C=O) groups excluding carboxylic acids is 2. The monoisotopic (exact) mass is 430 g/mol. The molecule has 0 amide bonds. The summed E-state index contributed by atoms with van der Waals surface area (Å²) in [6.07, 6.45) is 0. The van der Waals surface area contributed by atoms with Crippen molar-refractivity contribution in [3.05, 3.63) is 97.6 Å². The number of rotatable bonds is 5. The molecule has 0 fully saturated rings. The van der Waals surface area contributed by atoms with E-state index in [9.17, 15) is 14.2 Å². The minimum atomic E-state index is -0.287. The lowest BCUT2D eigenvalue weighted by Crippen LogP contribution is -2.21. The van der Waals surface area contributed by atoms with Gasteiger partial charge in [-0.3, -0.25) is 14.2 Å². The molecule has 0 radical (unpaired) electrons. The van der Waals surface area contributed by atoms with Crippen LogP contribution in [0.1, 0.15) is 70.8 Å². The summed E-state index contributed by atoms with van der Waals surface area (Å²) in [5.41, 5.74) is 8.43. The lowest BCUT2D eigenvalue weighted by Gasteiger charge is -2.17. The Kier molecular flexibility index (Phi) is 6.38. The van der Waals surface area contributed by atoms with Crippen molar-refractivity contribution in [3.63, 3.8) is 0 Å². The maximum absolute atomic E-state index is 13.7. The fraction of sp³-hybridized carbons (Fsp3) is 0.259. The summed E-state index contributed by atoms with van der Waals surface area (Å²) in [4.78, 5) is 27.5. The molecular weight excluding hydrogens is 403 g/mol. The highest BCUT2D eigenvalue weighted by atomic mass is 31.1. The van der Waals surface area contributed by atoms with Gasteiger partial charge in [-0.05, 0) is 93.5 Å². The highest BCUT2D eigenvalue weighted by Gasteiger charge is 2.27. The van der Waals surface area contributed by atoms with E-state index in [1.165, 1.54) is 0 Å². The van der Waals surface area contributed by atoms with Crippen molar-refractivity contribution in [2.75, 3.05) is 0 Å². The lowest BCUT2D eigenvalue weighted by molar-refractivity contribution is 0.100. The lowest BCUT2D eigenvalue weighted by atomic mass is 9.86. The van der Waals surface area contributed by atoms with Crippen LogP contribution in [0.4, 0.5) is 0 Å². The zero-order valence-corrected chi connectivity index (χ0v) is 20.0. The average Bonchev–Trinajstić information content (AvgIpc) is 2.75. The maximum Gasteiger partial charge on any atom is 0.195 e. The molecule has 3 rings (SSSR count). The van der Waals surface area contributed by atoms with Gasteiger partial charge in [-0.1, -0.05) is 30.3 Å². The summed E-state index contributed by atoms with van der Waals surface area (Å²) in [7, 11) is -0.287. The summed E-state index contributed by atoms with van der Waals surface area (Å²) < 4.78 is 12.0. The van der Waals surface area contributed by atoms with Gasteiger partial charge in [0.1, 0.15) is 0 Å². The van der Waals surface area contributed by atoms with Crippen molar-refractivity contribution in [2.24, 2.45) is 0 Å². The number of hydrogen-bond donors (Lipinski definition) is 0. The van der Waals surface area contributed by atoms with Gasteiger partial charge in [0.15, 0.2) is 20.0 Å². The Morgan fingerprint density at radius 2 is 0.968 bits per heavy atom. The zero-order chi connectivity index (χ0) is 23.0. The Balaban J connectivity index is 2.30. The van der Waals surface area contributed by atoms with Gasteiger partial charge in [0.05, 0.1) is 5.30 Å². The van der Waals surface area contributed by atoms with Crippen LogP contribution in [-0.4, -0.2) is 11.6 Å². The molecule has 0 spiro atoms. The Labute approximate surface area is 185 Å². The smallest absolute Gasteiger partial charge is 0.195 e. The van der Waals surface area contributed by atoms with Gasteiger partial charge < -0.3 is 0 Å². The van der Waals surface area contributed by atoms with Gasteiger partial charge in [-0.2, -0.15) is 0 Å². The van der Waals surface area contributed by atoms with Gasteiger partial charge in [0.2, 0.25) is 0 Å². The number of carbonyl (C=O) groups is 2. The van der Waals surface area contributed by atoms with E-state index < -0.39 is 0 Å². The van der Waals surface area contributed by atoms with Gasteiger partial charge in [0.25, 0.3) is 0 Å². The Bertz CT molecular complexity index is 1250. The summed E-state index contributed by atoms with van der Waals surface area (Å²) in [6.45, 7) is 13.6. The second kappa shape index (κ2) is 8.69. The van der Waals surface area contributed by atoms with Crippen LogP contribution in [0.25, 0.3) is 0 Å². The van der Waals surface area contributed by atoms with Crippen LogP contribution >= 0.6 is 8.46 Å². The predicted octanol–water partition coefficient (Wildman–Crippen LogP) is 6.22. The molecule has 0 N–H and O–H groups in total. The third kappa shape index (κ3) is 3.91. The highest BCUT2D eigenvalue weighted by Crippen LogP contribution is 2.28. The molecule has 0 aliphatic rings. The number of benzene rings is 3. The molecule has 31 heavy (non-hydrogen) atoms. The van der Waals surface area contributed by atoms with Crippen LogP contribution in [0.15, 0.2) is 36.4 Å². The number of ketones is 2. The minimum Gasteiger partial charge on any atom is -0.289 e. The second-order valence-electron chi connectivity index (χ2n) is 8.26. The fourth-order valence-corrected chi connectivity index (χ4v) is 4.41. The first-order valence-electron chi connectivity index (χ1n) is 10.3. The quantitative estimate of drug-likeness (QED) is 0.356. The molecule has 0 aliphatic carbocycles. The van der Waals surface area contributed by atoms with Gasteiger partial charge in [0, 0.05) is 22.3 Å². The van der Waals surface area contributed by atoms with E-state index in [2.05, 4.69) is 0 Å². The third-order valence-corrected chi connectivity index (χ3v) is 7.12. The van der Waals surface area contributed by atoms with Crippen LogP contribution in [-0.2, 0) is 4.57 Å². The molecule has 4 heteroatoms. The van der Waals surface area contributed by atoms with Crippen molar-refractivity contribution >= 4 is 25.3 Å². The molecule has 0 atom stereocenters. The SMILES string of the molecule is Cc1ccc(C(=O)c2c(C)ccc(P=O)c2C(=O)c2ccc(C)c(C)c2C)c(C)c1C. The van der Waals surface area contributed by atoms with Gasteiger partial charge >= 0.3 is 0 Å². The molecule has 3 aromatic carbocycles. The molecular formula is C27H27O3P. The van der Waals surface area contributed by atoms with Gasteiger partial charge in [-0.25, -0.2) is 0 Å². The van der Waals surface area contributed by atoms with Crippen LogP contribution in [0.2, 0.25) is 0 Å². The predicted molar refractivity (Wildman–Crippen MR) is 127 cm³/mol. The van der Waals surface area contributed by atoms with E-state index in [1.54, 1.807) is 18.2 Å². The summed E-state index contributed by atoms with van der Waals surface area (Å²) in [5, 5.41) is 0.332. The largest absolute Gasteiger partial charge is 0.289 e. The summed E-state index contributed by atoms with van der Waals surface area (Å²) in [6, 6.07) is 10.9. The Morgan fingerprint density at radius 1 is 0.548 bits per heavy atom. The molecule has 0 saturated heterocycles. The van der Waals surface area contributed by atoms with Crippen LogP contribution in [0, 0.1) is 48.5 Å². The van der Waals surface area contributed by atoms with Crippen molar-refractivity contribution in [2.45, 2.75) is 48.5 Å². The van der Waals surface area contributed by atoms with Crippen LogP contribution in [0.5, 0.6) is 0 Å². The maximum atomic E-state index is 13.7. The average molecular weight is 430 g/mol. The van der Waals surface area contributed by atoms with E-state index in [-0.39, 0.29) is 25.6 Å². The van der Waals surface area contributed by atoms with E-state index in [4.69, 9.17) is 0 Å². The van der Waals surface area contributed by atoms with Crippen molar-refractivity contribution in [1.29, 1.82) is 0 Å². The van der Waals surface area contributed by atoms with Crippen molar-refractivity contribution < 1.29 is 14.2 Å². The van der Waals surface area contributed by atoms with Gasteiger partial charge in [-0.15, -0.1) is 0 Å². The molecule has 0 aliphatic heterocycles. The van der Waals surface area contributed by atoms with Crippen LogP contribution < -0.4 is 5.30 Å². The first-order chi connectivity index (χ1) is 14.6. The Morgan fingerprint density at radius 3 is 1.42 bits per heavy atom. The minimum absolute atomic E-state index is 0.214. The normalized spacial score (nSPS) is 11.1. The molecule has 3 nitrogen and oxygen atoms in total. The number of aryl methyl sites for hydroxylation is 3.